The van der Waals surface area contributed by atoms with Crippen LogP contribution in [-0.2, 0) is 31.5 Å². The van der Waals surface area contributed by atoms with Crippen LogP contribution in [0.4, 0.5) is 5.82 Å². The summed E-state index contributed by atoms with van der Waals surface area (Å²) in [6.45, 7) is 6.25. The second kappa shape index (κ2) is 12.2. The fourth-order valence-corrected chi connectivity index (χ4v) is 4.69. The largest absolute Gasteiger partial charge is 0.462 e. The van der Waals surface area contributed by atoms with Crippen LogP contribution in [0.15, 0.2) is 24.3 Å². The van der Waals surface area contributed by atoms with Gasteiger partial charge in [0.25, 0.3) is 0 Å². The molecule has 1 unspecified atom stereocenters. The predicted octanol–water partition coefficient (Wildman–Crippen LogP) is 3.32. The summed E-state index contributed by atoms with van der Waals surface area (Å²) in [6.07, 6.45) is 0.0279. The number of benzene rings is 1. The minimum atomic E-state index is -1.87. The average molecular weight is 522 g/mol. The summed E-state index contributed by atoms with van der Waals surface area (Å²) in [4.78, 5) is 23.6. The number of esters is 1. The second-order valence-corrected chi connectivity index (χ2v) is 9.86. The molecule has 2 aromatic heterocycles. The molecular weight excluding hydrogens is 491 g/mol. The average Bonchev–Trinajstić information content (AvgIpc) is 3.09. The van der Waals surface area contributed by atoms with Crippen molar-refractivity contribution in [3.8, 4) is 6.01 Å². The number of rotatable bonds is 12. The number of fused-ring (bicyclic) bond motifs is 1. The Balaban J connectivity index is 1.75. The molecule has 11 nitrogen and oxygen atoms in total. The molecule has 35 heavy (non-hydrogen) atoms. The molecule has 0 bridgehead atoms. The fourth-order valence-electron chi connectivity index (χ4n) is 3.28. The number of hydrogen-bond acceptors (Lipinski definition) is 9. The van der Waals surface area contributed by atoms with Gasteiger partial charge in [0.05, 0.1) is 19.3 Å². The maximum Gasteiger partial charge on any atom is 0.437 e. The van der Waals surface area contributed by atoms with E-state index in [-0.39, 0.29) is 30.7 Å². The fraction of sp³-hybridized carbons (Fsp3) is 0.455. The van der Waals surface area contributed by atoms with Crippen molar-refractivity contribution in [3.05, 3.63) is 40.2 Å². The Labute approximate surface area is 209 Å². The Morgan fingerprint density at radius 2 is 2.00 bits per heavy atom. The van der Waals surface area contributed by atoms with Gasteiger partial charge in [-0.25, -0.2) is 0 Å². The van der Waals surface area contributed by atoms with Crippen LogP contribution in [0.2, 0.25) is 0 Å². The SMILES string of the molecule is COCCOc1nc(N)c2[nH]c(=S)n(Cc3cccc(C[P+](=O)N[C@@H](C)C(=O)OC(C)C)c3)c2n1. The summed E-state index contributed by atoms with van der Waals surface area (Å²) in [5.41, 5.74) is 8.90. The van der Waals surface area contributed by atoms with E-state index in [2.05, 4.69) is 20.0 Å². The number of nitrogens with one attached hydrogen (secondary N) is 2. The van der Waals surface area contributed by atoms with Gasteiger partial charge in [-0.15, -0.1) is 0 Å². The summed E-state index contributed by atoms with van der Waals surface area (Å²) < 4.78 is 30.5. The molecule has 0 aliphatic heterocycles. The highest BCUT2D eigenvalue weighted by Gasteiger charge is 2.26. The molecule has 0 saturated carbocycles. The zero-order valence-electron chi connectivity index (χ0n) is 20.1. The quantitative estimate of drug-likeness (QED) is 0.140. The molecule has 1 aromatic carbocycles. The number of anilines is 1. The van der Waals surface area contributed by atoms with E-state index in [1.54, 1.807) is 32.4 Å². The smallest absolute Gasteiger partial charge is 0.437 e. The number of nitrogen functional groups attached to an aromatic ring is 1. The molecule has 0 amide bonds. The van der Waals surface area contributed by atoms with Gasteiger partial charge >= 0.3 is 19.9 Å². The Kier molecular flexibility index (Phi) is 9.27. The highest BCUT2D eigenvalue weighted by atomic mass is 32.1. The normalized spacial score (nSPS) is 12.7. The third-order valence-corrected chi connectivity index (χ3v) is 6.50. The van der Waals surface area contributed by atoms with Crippen LogP contribution in [0.25, 0.3) is 11.2 Å². The minimum absolute atomic E-state index is 0.136. The first-order chi connectivity index (χ1) is 16.7. The van der Waals surface area contributed by atoms with E-state index in [1.165, 1.54) is 0 Å². The van der Waals surface area contributed by atoms with Gasteiger partial charge in [-0.2, -0.15) is 9.97 Å². The number of carbonyl (C=O) groups excluding carboxylic acids is 1. The van der Waals surface area contributed by atoms with Crippen molar-refractivity contribution in [1.29, 1.82) is 0 Å². The zero-order valence-corrected chi connectivity index (χ0v) is 21.8. The first-order valence-electron chi connectivity index (χ1n) is 11.0. The number of methoxy groups -OCH3 is 1. The van der Waals surface area contributed by atoms with Crippen molar-refractivity contribution in [2.75, 3.05) is 26.1 Å². The monoisotopic (exact) mass is 521 g/mol. The molecule has 13 heteroatoms. The van der Waals surface area contributed by atoms with Crippen LogP contribution >= 0.6 is 20.2 Å². The van der Waals surface area contributed by atoms with Crippen molar-refractivity contribution in [1.82, 2.24) is 24.6 Å². The van der Waals surface area contributed by atoms with Crippen LogP contribution in [-0.4, -0.2) is 58.0 Å². The third kappa shape index (κ3) is 7.28. The molecule has 0 saturated heterocycles. The summed E-state index contributed by atoms with van der Waals surface area (Å²) in [5.74, 6) is -0.202. The molecule has 0 radical (unpaired) electrons. The zero-order chi connectivity index (χ0) is 25.5. The molecule has 2 atom stereocenters. The first-order valence-corrected chi connectivity index (χ1v) is 12.9. The second-order valence-electron chi connectivity index (χ2n) is 8.14. The Morgan fingerprint density at radius 1 is 1.26 bits per heavy atom. The standard InChI is InChI=1S/C22H29N6O5PS/c1-13(2)33-20(29)14(3)27-34(30)12-16-7-5-6-15(10-16)11-28-19-17(24-22(28)35)18(23)25-21(26-19)32-9-8-31-4/h5-7,10,13-14H,8-9,11-12H2,1-4H3,(H3-,23,24,25,26,27,30,35)/p+1/t14-/m0/s1. The van der Waals surface area contributed by atoms with Gasteiger partial charge in [0.2, 0.25) is 0 Å². The lowest BCUT2D eigenvalue weighted by Crippen LogP contribution is -2.32. The molecule has 0 aliphatic rings. The molecule has 3 aromatic rings. The molecule has 0 aliphatic carbocycles. The van der Waals surface area contributed by atoms with Gasteiger partial charge in [-0.1, -0.05) is 23.3 Å². The van der Waals surface area contributed by atoms with E-state index in [4.69, 9.17) is 32.2 Å². The molecule has 188 valence electrons. The summed E-state index contributed by atoms with van der Waals surface area (Å²) >= 11 is 5.49. The number of nitrogens with zero attached hydrogens (tertiary/aromatic N) is 3. The molecule has 0 fully saturated rings. The van der Waals surface area contributed by atoms with Gasteiger partial charge < -0.3 is 24.9 Å². The lowest BCUT2D eigenvalue weighted by atomic mass is 10.1. The van der Waals surface area contributed by atoms with E-state index in [9.17, 15) is 9.36 Å². The molecule has 3 rings (SSSR count). The van der Waals surface area contributed by atoms with Crippen LogP contribution in [0.1, 0.15) is 31.9 Å². The number of nitrogens with two attached hydrogens (primary N) is 1. The van der Waals surface area contributed by atoms with Gasteiger partial charge in [0.15, 0.2) is 22.4 Å². The highest BCUT2D eigenvalue weighted by molar-refractivity contribution is 7.71. The number of aromatic amines is 1. The summed E-state index contributed by atoms with van der Waals surface area (Å²) in [6, 6.07) is 7.11. The number of carbonyl (C=O) groups is 1. The van der Waals surface area contributed by atoms with Gasteiger partial charge in [-0.05, 0) is 49.2 Å². The number of hydrogen-bond donors (Lipinski definition) is 3. The van der Waals surface area contributed by atoms with E-state index in [0.717, 1.165) is 11.1 Å². The van der Waals surface area contributed by atoms with Gasteiger partial charge in [-0.3, -0.25) is 9.36 Å². The molecular formula is C22H30N6O5PS+. The lowest BCUT2D eigenvalue weighted by Gasteiger charge is -2.10. The molecule has 4 N–H and O–H groups in total. The molecule has 0 spiro atoms. The Morgan fingerprint density at radius 3 is 2.71 bits per heavy atom. The van der Waals surface area contributed by atoms with E-state index in [0.29, 0.717) is 29.1 Å². The minimum Gasteiger partial charge on any atom is -0.462 e. The predicted molar refractivity (Wildman–Crippen MR) is 135 cm³/mol. The topological polar surface area (TPSA) is 146 Å². The van der Waals surface area contributed by atoms with Crippen molar-refractivity contribution < 1.29 is 23.6 Å². The number of imidazole rings is 1. The van der Waals surface area contributed by atoms with E-state index in [1.807, 2.05) is 24.3 Å². The maximum atomic E-state index is 12.6. The van der Waals surface area contributed by atoms with Crippen LogP contribution in [0.3, 0.4) is 0 Å². The van der Waals surface area contributed by atoms with Crippen molar-refractivity contribution in [2.45, 2.75) is 45.6 Å². The Hall–Kier alpha value is -2.92. The third-order valence-electron chi connectivity index (χ3n) is 4.85. The van der Waals surface area contributed by atoms with Gasteiger partial charge in [0.1, 0.15) is 18.2 Å². The number of aromatic nitrogens is 4. The Bertz CT molecular complexity index is 1260. The summed E-state index contributed by atoms with van der Waals surface area (Å²) in [5, 5.41) is 2.82. The highest BCUT2D eigenvalue weighted by Crippen LogP contribution is 2.25. The number of ether oxygens (including phenoxy) is 3. The van der Waals surface area contributed by atoms with Crippen LogP contribution in [0.5, 0.6) is 6.01 Å². The molecule has 2 heterocycles. The van der Waals surface area contributed by atoms with E-state index >= 15 is 0 Å². The van der Waals surface area contributed by atoms with Crippen molar-refractivity contribution in [2.24, 2.45) is 0 Å². The lowest BCUT2D eigenvalue weighted by molar-refractivity contribution is -0.148. The van der Waals surface area contributed by atoms with E-state index < -0.39 is 20.0 Å². The van der Waals surface area contributed by atoms with Crippen molar-refractivity contribution >= 4 is 43.1 Å². The van der Waals surface area contributed by atoms with Crippen LogP contribution < -0.4 is 15.6 Å². The summed E-state index contributed by atoms with van der Waals surface area (Å²) in [7, 11) is -0.289. The first kappa shape index (κ1) is 26.7. The van der Waals surface area contributed by atoms with Crippen molar-refractivity contribution in [3.63, 3.8) is 0 Å². The maximum absolute atomic E-state index is 12.6. The van der Waals surface area contributed by atoms with Crippen LogP contribution in [0, 0.1) is 4.77 Å². The van der Waals surface area contributed by atoms with Gasteiger partial charge in [0, 0.05) is 12.7 Å². The number of H-pyrrole nitrogens is 1.